The third-order valence-corrected chi connectivity index (χ3v) is 3.89. The molecule has 1 aromatic rings. The van der Waals surface area contributed by atoms with Crippen LogP contribution in [0.3, 0.4) is 0 Å². The topological polar surface area (TPSA) is 117 Å². The molecule has 1 saturated heterocycles. The highest BCUT2D eigenvalue weighted by Gasteiger charge is 2.17. The van der Waals surface area contributed by atoms with Crippen molar-refractivity contribution in [1.82, 2.24) is 9.80 Å². The molecule has 1 aliphatic rings. The lowest BCUT2D eigenvalue weighted by atomic mass is 10.2. The summed E-state index contributed by atoms with van der Waals surface area (Å²) in [5, 5.41) is 29.6. The van der Waals surface area contributed by atoms with E-state index in [4.69, 9.17) is 10.2 Å². The molecule has 8 heteroatoms. The molecule has 1 amide bonds. The zero-order valence-electron chi connectivity index (χ0n) is 13.7. The molecule has 25 heavy (non-hydrogen) atoms. The van der Waals surface area contributed by atoms with Crippen LogP contribution in [0.25, 0.3) is 0 Å². The van der Waals surface area contributed by atoms with Gasteiger partial charge in [0.1, 0.15) is 11.6 Å². The summed E-state index contributed by atoms with van der Waals surface area (Å²) in [6.07, 6.45) is 1.54. The smallest absolute Gasteiger partial charge is 0.335 e. The summed E-state index contributed by atoms with van der Waals surface area (Å²) in [4.78, 5) is 27.0. The van der Waals surface area contributed by atoms with E-state index in [1.807, 2.05) is 11.0 Å². The minimum atomic E-state index is -1.05. The zero-order valence-corrected chi connectivity index (χ0v) is 13.7. The summed E-state index contributed by atoms with van der Waals surface area (Å²) >= 11 is 0. The maximum absolute atomic E-state index is 12.2. The predicted octanol–water partition coefficient (Wildman–Crippen LogP) is 0.341. The van der Waals surface area contributed by atoms with Crippen molar-refractivity contribution in [3.63, 3.8) is 0 Å². The van der Waals surface area contributed by atoms with Gasteiger partial charge in [-0.3, -0.25) is 9.69 Å². The number of carboxylic acid groups (broad SMARTS) is 1. The SMILES string of the molecule is N#C/C(=C/N1CCN(CCO)CC1)C(=O)Nc1ccc(C(=O)O)cc1. The van der Waals surface area contributed by atoms with Gasteiger partial charge in [0.15, 0.2) is 0 Å². The number of anilines is 1. The molecule has 0 aromatic heterocycles. The number of β-amino-alcohol motifs (C(OH)–C–C–N with tert-alkyl or cyclic N) is 1. The highest BCUT2D eigenvalue weighted by Crippen LogP contribution is 2.12. The fourth-order valence-corrected chi connectivity index (χ4v) is 2.47. The second-order valence-electron chi connectivity index (χ2n) is 5.59. The summed E-state index contributed by atoms with van der Waals surface area (Å²) in [5.41, 5.74) is 0.525. The first-order valence-electron chi connectivity index (χ1n) is 7.87. The Morgan fingerprint density at radius 2 is 1.84 bits per heavy atom. The first kappa shape index (κ1) is 18.4. The van der Waals surface area contributed by atoms with Gasteiger partial charge >= 0.3 is 5.97 Å². The molecule has 2 rings (SSSR count). The van der Waals surface area contributed by atoms with Crippen molar-refractivity contribution >= 4 is 17.6 Å². The molecule has 0 radical (unpaired) electrons. The van der Waals surface area contributed by atoms with Gasteiger partial charge in [0.25, 0.3) is 5.91 Å². The van der Waals surface area contributed by atoms with E-state index in [0.29, 0.717) is 25.3 Å². The van der Waals surface area contributed by atoms with Crippen LogP contribution in [0, 0.1) is 11.3 Å². The lowest BCUT2D eigenvalue weighted by Crippen LogP contribution is -2.45. The molecule has 1 aromatic carbocycles. The van der Waals surface area contributed by atoms with Crippen LogP contribution in [-0.2, 0) is 4.79 Å². The third kappa shape index (κ3) is 5.31. The summed E-state index contributed by atoms with van der Waals surface area (Å²) in [6, 6.07) is 7.61. The van der Waals surface area contributed by atoms with Gasteiger partial charge in [-0.2, -0.15) is 5.26 Å². The number of carbonyl (C=O) groups excluding carboxylic acids is 1. The number of carboxylic acids is 1. The Labute approximate surface area is 145 Å². The largest absolute Gasteiger partial charge is 0.478 e. The highest BCUT2D eigenvalue weighted by molar-refractivity contribution is 6.06. The Morgan fingerprint density at radius 1 is 1.20 bits per heavy atom. The Balaban J connectivity index is 1.96. The minimum absolute atomic E-state index is 0.0158. The standard InChI is InChI=1S/C17H20N4O4/c18-11-14(12-21-7-5-20(6-8-21)9-10-22)16(23)19-15-3-1-13(2-4-15)17(24)25/h1-4,12,22H,5-10H2,(H,19,23)(H,24,25)/b14-12-. The van der Waals surface area contributed by atoms with Gasteiger partial charge in [0.05, 0.1) is 12.2 Å². The number of rotatable bonds is 6. The molecule has 3 N–H and O–H groups in total. The summed E-state index contributed by atoms with van der Waals surface area (Å²) in [7, 11) is 0. The van der Waals surface area contributed by atoms with Crippen molar-refractivity contribution in [2.24, 2.45) is 0 Å². The average Bonchev–Trinajstić information content (AvgIpc) is 2.61. The molecule has 0 spiro atoms. The van der Waals surface area contributed by atoms with Crippen molar-refractivity contribution in [1.29, 1.82) is 5.26 Å². The van der Waals surface area contributed by atoms with Crippen molar-refractivity contribution in [2.75, 3.05) is 44.6 Å². The normalized spacial score (nSPS) is 15.5. The van der Waals surface area contributed by atoms with Crippen molar-refractivity contribution < 1.29 is 19.8 Å². The van der Waals surface area contributed by atoms with E-state index in [9.17, 15) is 14.9 Å². The first-order chi connectivity index (χ1) is 12.0. The number of benzene rings is 1. The molecule has 1 fully saturated rings. The Hall–Kier alpha value is -2.89. The number of nitrogens with zero attached hydrogens (tertiary/aromatic N) is 3. The van der Waals surface area contributed by atoms with Crippen molar-refractivity contribution in [3.05, 3.63) is 41.6 Å². The van der Waals surface area contributed by atoms with Crippen molar-refractivity contribution in [3.8, 4) is 6.07 Å². The highest BCUT2D eigenvalue weighted by atomic mass is 16.4. The third-order valence-electron chi connectivity index (χ3n) is 3.89. The number of nitrogens with one attached hydrogen (secondary N) is 1. The molecule has 1 heterocycles. The van der Waals surface area contributed by atoms with Crippen LogP contribution in [-0.4, -0.2) is 71.2 Å². The van der Waals surface area contributed by atoms with Crippen LogP contribution < -0.4 is 5.32 Å². The number of aromatic carboxylic acids is 1. The molecule has 1 aliphatic heterocycles. The maximum atomic E-state index is 12.2. The monoisotopic (exact) mass is 344 g/mol. The van der Waals surface area contributed by atoms with E-state index < -0.39 is 11.9 Å². The number of hydrogen-bond acceptors (Lipinski definition) is 6. The van der Waals surface area contributed by atoms with Crippen LogP contribution in [0.5, 0.6) is 0 Å². The zero-order chi connectivity index (χ0) is 18.2. The molecule has 132 valence electrons. The van der Waals surface area contributed by atoms with Gasteiger partial charge in [-0.15, -0.1) is 0 Å². The Morgan fingerprint density at radius 3 is 2.36 bits per heavy atom. The second-order valence-corrected chi connectivity index (χ2v) is 5.59. The van der Waals surface area contributed by atoms with Crippen molar-refractivity contribution in [2.45, 2.75) is 0 Å². The Bertz CT molecular complexity index is 686. The molecular weight excluding hydrogens is 324 g/mol. The van der Waals surface area contributed by atoms with Gasteiger partial charge < -0.3 is 20.4 Å². The lowest BCUT2D eigenvalue weighted by molar-refractivity contribution is -0.112. The molecule has 0 bridgehead atoms. The number of aliphatic hydroxyl groups is 1. The average molecular weight is 344 g/mol. The predicted molar refractivity (Wildman–Crippen MR) is 90.8 cm³/mol. The number of hydrogen-bond donors (Lipinski definition) is 3. The molecule has 8 nitrogen and oxygen atoms in total. The summed E-state index contributed by atoms with van der Waals surface area (Å²) in [6.45, 7) is 3.59. The lowest BCUT2D eigenvalue weighted by Gasteiger charge is -2.33. The van der Waals surface area contributed by atoms with E-state index in [0.717, 1.165) is 13.1 Å². The van der Waals surface area contributed by atoms with E-state index in [1.54, 1.807) is 0 Å². The van der Waals surface area contributed by atoms with Crippen LogP contribution in [0.2, 0.25) is 0 Å². The molecule has 0 unspecified atom stereocenters. The maximum Gasteiger partial charge on any atom is 0.335 e. The van der Waals surface area contributed by atoms with Gasteiger partial charge in [-0.25, -0.2) is 4.79 Å². The molecule has 0 saturated carbocycles. The Kier molecular flexibility index (Phi) is 6.51. The minimum Gasteiger partial charge on any atom is -0.478 e. The van der Waals surface area contributed by atoms with Gasteiger partial charge in [-0.05, 0) is 24.3 Å². The van der Waals surface area contributed by atoms with Gasteiger partial charge in [-0.1, -0.05) is 0 Å². The van der Waals surface area contributed by atoms with E-state index in [1.165, 1.54) is 30.5 Å². The molecule has 0 aliphatic carbocycles. The molecular formula is C17H20N4O4. The van der Waals surface area contributed by atoms with Gasteiger partial charge in [0, 0.05) is 44.6 Å². The number of amides is 1. The number of piperazine rings is 1. The van der Waals surface area contributed by atoms with Gasteiger partial charge in [0.2, 0.25) is 0 Å². The van der Waals surface area contributed by atoms with E-state index >= 15 is 0 Å². The van der Waals surface area contributed by atoms with Crippen LogP contribution >= 0.6 is 0 Å². The number of aliphatic hydroxyl groups excluding tert-OH is 1. The number of nitriles is 1. The van der Waals surface area contributed by atoms with E-state index in [-0.39, 0.29) is 17.7 Å². The summed E-state index contributed by atoms with van der Waals surface area (Å²) < 4.78 is 0. The fourth-order valence-electron chi connectivity index (χ4n) is 2.47. The summed E-state index contributed by atoms with van der Waals surface area (Å²) in [5.74, 6) is -1.58. The number of carbonyl (C=O) groups is 2. The van der Waals surface area contributed by atoms with Crippen LogP contribution in [0.15, 0.2) is 36.0 Å². The fraction of sp³-hybridized carbons (Fsp3) is 0.353. The molecule has 0 atom stereocenters. The first-order valence-corrected chi connectivity index (χ1v) is 7.87. The van der Waals surface area contributed by atoms with Crippen LogP contribution in [0.4, 0.5) is 5.69 Å². The van der Waals surface area contributed by atoms with E-state index in [2.05, 4.69) is 10.2 Å². The second kappa shape index (κ2) is 8.82. The van der Waals surface area contributed by atoms with Crippen LogP contribution in [0.1, 0.15) is 10.4 Å². The quantitative estimate of drug-likeness (QED) is 0.503.